The Kier molecular flexibility index (Phi) is 6.19. The van der Waals surface area contributed by atoms with Gasteiger partial charge in [-0.1, -0.05) is 0 Å². The van der Waals surface area contributed by atoms with Crippen molar-refractivity contribution in [1.29, 1.82) is 0 Å². The average Bonchev–Trinajstić information content (AvgIpc) is 3.46. The van der Waals surface area contributed by atoms with Gasteiger partial charge in [-0.25, -0.2) is 4.79 Å². The highest BCUT2D eigenvalue weighted by Crippen LogP contribution is 2.34. The summed E-state index contributed by atoms with van der Waals surface area (Å²) in [5.41, 5.74) is 1.04. The zero-order valence-electron chi connectivity index (χ0n) is 16.5. The molecule has 0 saturated carbocycles. The number of anilines is 1. The Bertz CT molecular complexity index is 1290. The molecular formula is C21H18N2O6S2. The molecule has 1 N–H and O–H groups in total. The van der Waals surface area contributed by atoms with Crippen LogP contribution < -0.4 is 29.5 Å². The van der Waals surface area contributed by atoms with Crippen molar-refractivity contribution in [2.24, 2.45) is 0 Å². The van der Waals surface area contributed by atoms with E-state index in [1.54, 1.807) is 31.2 Å². The number of amides is 1. The first-order chi connectivity index (χ1) is 15.0. The van der Waals surface area contributed by atoms with E-state index in [-0.39, 0.29) is 25.5 Å². The molecule has 3 heterocycles. The van der Waals surface area contributed by atoms with E-state index in [1.807, 2.05) is 16.8 Å². The second kappa shape index (κ2) is 9.19. The molecule has 1 aliphatic rings. The lowest BCUT2D eigenvalue weighted by molar-refractivity contribution is -0.135. The summed E-state index contributed by atoms with van der Waals surface area (Å²) in [5, 5.41) is 6.55. The normalized spacial score (nSPS) is 13.5. The molecule has 0 unspecified atom stereocenters. The van der Waals surface area contributed by atoms with Crippen LogP contribution in [0.1, 0.15) is 12.5 Å². The molecule has 160 valence electrons. The summed E-state index contributed by atoms with van der Waals surface area (Å²) >= 11 is 2.64. The number of rotatable bonds is 6. The monoisotopic (exact) mass is 458 g/mol. The highest BCUT2D eigenvalue weighted by atomic mass is 32.1. The van der Waals surface area contributed by atoms with Crippen molar-refractivity contribution in [1.82, 2.24) is 4.57 Å². The molecule has 2 aromatic heterocycles. The lowest BCUT2D eigenvalue weighted by atomic mass is 10.3. The highest BCUT2D eigenvalue weighted by Gasteiger charge is 2.15. The molecule has 0 saturated heterocycles. The second-order valence-corrected chi connectivity index (χ2v) is 8.25. The zero-order chi connectivity index (χ0) is 21.8. The van der Waals surface area contributed by atoms with Crippen molar-refractivity contribution in [3.63, 3.8) is 0 Å². The Hall–Kier alpha value is -3.37. The number of nitrogens with zero attached hydrogens (tertiary/aromatic N) is 1. The lowest BCUT2D eigenvalue weighted by Gasteiger charge is -2.07. The largest absolute Gasteiger partial charge is 0.463 e. The summed E-state index contributed by atoms with van der Waals surface area (Å²) in [4.78, 5) is 37.6. The summed E-state index contributed by atoms with van der Waals surface area (Å²) in [6.07, 6.45) is 2.96. The maximum Gasteiger partial charge on any atom is 0.333 e. The number of thiophene rings is 1. The van der Waals surface area contributed by atoms with Gasteiger partial charge in [0.15, 0.2) is 11.5 Å². The second-order valence-electron chi connectivity index (χ2n) is 6.41. The molecule has 8 nitrogen and oxygen atoms in total. The summed E-state index contributed by atoms with van der Waals surface area (Å²) in [7, 11) is 0. The fraction of sp³-hybridized carbons (Fsp3) is 0.190. The number of carbonyl (C=O) groups is 2. The van der Waals surface area contributed by atoms with Gasteiger partial charge in [0.05, 0.1) is 17.2 Å². The van der Waals surface area contributed by atoms with Crippen LogP contribution in [0.2, 0.25) is 0 Å². The lowest BCUT2D eigenvalue weighted by Crippen LogP contribution is -2.36. The average molecular weight is 459 g/mol. The first kappa shape index (κ1) is 20.9. The maximum absolute atomic E-state index is 13.0. The van der Waals surface area contributed by atoms with Crippen LogP contribution in [0.5, 0.6) is 11.5 Å². The van der Waals surface area contributed by atoms with Crippen LogP contribution in [-0.2, 0) is 20.9 Å². The van der Waals surface area contributed by atoms with Crippen LogP contribution in [0.3, 0.4) is 0 Å². The number of esters is 1. The molecule has 0 radical (unpaired) electrons. The Labute approximate surface area is 184 Å². The molecule has 0 bridgehead atoms. The van der Waals surface area contributed by atoms with Gasteiger partial charge in [0.2, 0.25) is 12.7 Å². The number of carbonyl (C=O) groups excluding carboxylic acids is 2. The predicted octanol–water partition coefficient (Wildman–Crippen LogP) is 1.51. The Morgan fingerprint density at radius 2 is 2.10 bits per heavy atom. The summed E-state index contributed by atoms with van der Waals surface area (Å²) in [6, 6.07) is 6.92. The topological polar surface area (TPSA) is 95.9 Å². The third kappa shape index (κ3) is 4.86. The van der Waals surface area contributed by atoms with Gasteiger partial charge in [0, 0.05) is 11.8 Å². The number of thiazole rings is 1. The van der Waals surface area contributed by atoms with Crippen molar-refractivity contribution in [3.05, 3.63) is 60.1 Å². The minimum absolute atomic E-state index is 0.132. The minimum atomic E-state index is -0.573. The Morgan fingerprint density at radius 1 is 1.26 bits per heavy atom. The zero-order valence-corrected chi connectivity index (χ0v) is 18.1. The van der Waals surface area contributed by atoms with Gasteiger partial charge in [-0.05, 0) is 47.5 Å². The van der Waals surface area contributed by atoms with E-state index in [9.17, 15) is 14.4 Å². The van der Waals surface area contributed by atoms with Gasteiger partial charge < -0.3 is 19.5 Å². The number of fused-ring (bicyclic) bond motifs is 1. The standard InChI is InChI=1S/C21H18N2O6S2/c1-2-27-20(25)9-19-23(21(26)17(31-19)7-13-5-6-30-11-13)10-18(24)22-14-3-4-15-16(8-14)29-12-28-15/h3-9,11H,2,10,12H2,1H3,(H,22,24)/b17-7+,19-9-. The van der Waals surface area contributed by atoms with Gasteiger partial charge in [0.25, 0.3) is 5.56 Å². The number of hydrogen-bond donors (Lipinski definition) is 1. The molecule has 0 fully saturated rings. The summed E-state index contributed by atoms with van der Waals surface area (Å²) in [5.74, 6) is 0.150. The molecule has 0 spiro atoms. The van der Waals surface area contributed by atoms with Crippen LogP contribution in [0.4, 0.5) is 5.69 Å². The molecule has 3 aromatic rings. The van der Waals surface area contributed by atoms with Crippen LogP contribution in [0, 0.1) is 0 Å². The highest BCUT2D eigenvalue weighted by molar-refractivity contribution is 7.08. The van der Waals surface area contributed by atoms with Crippen molar-refractivity contribution in [2.75, 3.05) is 18.7 Å². The van der Waals surface area contributed by atoms with E-state index in [0.717, 1.165) is 16.9 Å². The van der Waals surface area contributed by atoms with Crippen molar-refractivity contribution in [2.45, 2.75) is 13.5 Å². The van der Waals surface area contributed by atoms with Crippen LogP contribution in [-0.4, -0.2) is 29.8 Å². The third-order valence-electron chi connectivity index (χ3n) is 4.26. The van der Waals surface area contributed by atoms with E-state index < -0.39 is 11.9 Å². The molecule has 4 rings (SSSR count). The molecule has 1 aliphatic heterocycles. The quantitative estimate of drug-likeness (QED) is 0.563. The smallest absolute Gasteiger partial charge is 0.333 e. The molecule has 1 aromatic carbocycles. The van der Waals surface area contributed by atoms with Crippen molar-refractivity contribution < 1.29 is 23.8 Å². The molecule has 10 heteroatoms. The summed E-state index contributed by atoms with van der Waals surface area (Å²) < 4.78 is 17.6. The van der Waals surface area contributed by atoms with E-state index in [2.05, 4.69) is 5.32 Å². The van der Waals surface area contributed by atoms with Gasteiger partial charge in [-0.3, -0.25) is 14.2 Å². The number of hydrogen-bond acceptors (Lipinski definition) is 8. The molecule has 1 amide bonds. The number of aromatic nitrogens is 1. The van der Waals surface area contributed by atoms with Crippen LogP contribution in [0.25, 0.3) is 12.2 Å². The molecular weight excluding hydrogens is 440 g/mol. The van der Waals surface area contributed by atoms with E-state index in [4.69, 9.17) is 14.2 Å². The van der Waals surface area contributed by atoms with Crippen LogP contribution >= 0.6 is 22.7 Å². The van der Waals surface area contributed by atoms with Crippen molar-refractivity contribution >= 4 is 52.4 Å². The first-order valence-electron chi connectivity index (χ1n) is 9.35. The van der Waals surface area contributed by atoms with E-state index in [0.29, 0.717) is 26.4 Å². The van der Waals surface area contributed by atoms with Crippen LogP contribution in [0.15, 0.2) is 39.8 Å². The number of benzene rings is 1. The van der Waals surface area contributed by atoms with Gasteiger partial charge >= 0.3 is 5.97 Å². The SMILES string of the molecule is CCOC(=O)/C=c1\s/c(=C/c2ccsc2)c(=O)n1CC(=O)Nc1ccc2c(c1)OCO2. The predicted molar refractivity (Wildman–Crippen MR) is 118 cm³/mol. The Morgan fingerprint density at radius 3 is 2.87 bits per heavy atom. The molecule has 0 aliphatic carbocycles. The fourth-order valence-corrected chi connectivity index (χ4v) is 4.55. The maximum atomic E-state index is 13.0. The van der Waals surface area contributed by atoms with Crippen molar-refractivity contribution in [3.8, 4) is 11.5 Å². The number of ether oxygens (including phenoxy) is 3. The first-order valence-corrected chi connectivity index (χ1v) is 11.1. The van der Waals surface area contributed by atoms with E-state index in [1.165, 1.54) is 22.0 Å². The van der Waals surface area contributed by atoms with Gasteiger partial charge in [-0.2, -0.15) is 11.3 Å². The van der Waals surface area contributed by atoms with Gasteiger partial charge in [-0.15, -0.1) is 11.3 Å². The van der Waals surface area contributed by atoms with Gasteiger partial charge in [0.1, 0.15) is 11.2 Å². The summed E-state index contributed by atoms with van der Waals surface area (Å²) in [6.45, 7) is 1.78. The fourth-order valence-electron chi connectivity index (χ4n) is 2.90. The molecule has 0 atom stereocenters. The number of nitrogens with one attached hydrogen (secondary N) is 1. The molecule has 31 heavy (non-hydrogen) atoms. The van der Waals surface area contributed by atoms with E-state index >= 15 is 0 Å². The minimum Gasteiger partial charge on any atom is -0.463 e. The Balaban J connectivity index is 1.64. The third-order valence-corrected chi connectivity index (χ3v) is 6.02.